The predicted molar refractivity (Wildman–Crippen MR) is 105 cm³/mol. The average molecular weight is 391 g/mol. The number of carbonyl (C=O) groups is 2. The van der Waals surface area contributed by atoms with Crippen molar-refractivity contribution < 1.29 is 24.2 Å². The molecule has 2 rings (SSSR count). The van der Waals surface area contributed by atoms with Gasteiger partial charge < -0.3 is 19.9 Å². The van der Waals surface area contributed by atoms with Gasteiger partial charge in [-0.15, -0.1) is 0 Å². The molecule has 8 heteroatoms. The SMILES string of the molecule is COC(=O)c1c2cccc(O)c2nn1CC(NC(=O)OC(C)(C)C)C(C)(C)C. The van der Waals surface area contributed by atoms with Crippen molar-refractivity contribution in [2.45, 2.75) is 59.7 Å². The molecule has 0 fully saturated rings. The van der Waals surface area contributed by atoms with Gasteiger partial charge in [0.25, 0.3) is 0 Å². The summed E-state index contributed by atoms with van der Waals surface area (Å²) in [5.74, 6) is -0.605. The Hall–Kier alpha value is -2.77. The van der Waals surface area contributed by atoms with Gasteiger partial charge in [-0.05, 0) is 32.3 Å². The Kier molecular flexibility index (Phi) is 5.91. The molecule has 1 amide bonds. The number of phenolic OH excluding ortho intramolecular Hbond substituents is 1. The van der Waals surface area contributed by atoms with Crippen molar-refractivity contribution in [3.8, 4) is 5.75 Å². The van der Waals surface area contributed by atoms with Crippen LogP contribution in [0.4, 0.5) is 4.79 Å². The molecule has 1 unspecified atom stereocenters. The highest BCUT2D eigenvalue weighted by atomic mass is 16.6. The maximum absolute atomic E-state index is 12.4. The van der Waals surface area contributed by atoms with Gasteiger partial charge in [0.05, 0.1) is 19.7 Å². The lowest BCUT2D eigenvalue weighted by molar-refractivity contribution is 0.0451. The Labute approximate surface area is 164 Å². The van der Waals surface area contributed by atoms with Crippen LogP contribution >= 0.6 is 0 Å². The standard InChI is InChI=1S/C20H29N3O5/c1-19(2,3)14(21-18(26)28-20(4,5)6)11-23-16(17(25)27-7)12-9-8-10-13(24)15(12)22-23/h8-10,14,24H,11H2,1-7H3,(H,21,26). The number of fused-ring (bicyclic) bond motifs is 1. The lowest BCUT2D eigenvalue weighted by atomic mass is 9.86. The molecule has 1 aromatic heterocycles. The fraction of sp³-hybridized carbons (Fsp3) is 0.550. The summed E-state index contributed by atoms with van der Waals surface area (Å²) in [5.41, 5.74) is -0.471. The van der Waals surface area contributed by atoms with Crippen LogP contribution in [0, 0.1) is 5.41 Å². The summed E-state index contributed by atoms with van der Waals surface area (Å²) in [7, 11) is 1.29. The zero-order valence-electron chi connectivity index (χ0n) is 17.5. The highest BCUT2D eigenvalue weighted by Crippen LogP contribution is 2.29. The zero-order valence-corrected chi connectivity index (χ0v) is 17.5. The molecule has 0 aliphatic carbocycles. The lowest BCUT2D eigenvalue weighted by Gasteiger charge is -2.32. The van der Waals surface area contributed by atoms with Crippen molar-refractivity contribution in [2.75, 3.05) is 7.11 Å². The molecule has 0 aliphatic rings. The number of nitrogens with one attached hydrogen (secondary N) is 1. The van der Waals surface area contributed by atoms with Crippen molar-refractivity contribution in [3.05, 3.63) is 23.9 Å². The van der Waals surface area contributed by atoms with Crippen LogP contribution in [0.5, 0.6) is 5.75 Å². The van der Waals surface area contributed by atoms with Crippen LogP contribution < -0.4 is 5.32 Å². The maximum Gasteiger partial charge on any atom is 0.407 e. The number of alkyl carbamates (subject to hydrolysis) is 1. The summed E-state index contributed by atoms with van der Waals surface area (Å²) in [5, 5.41) is 17.9. The molecule has 0 aliphatic heterocycles. The van der Waals surface area contributed by atoms with Gasteiger partial charge >= 0.3 is 12.1 Å². The van der Waals surface area contributed by atoms with E-state index in [0.717, 1.165) is 0 Å². The van der Waals surface area contributed by atoms with Crippen molar-refractivity contribution >= 4 is 23.0 Å². The Morgan fingerprint density at radius 2 is 1.86 bits per heavy atom. The van der Waals surface area contributed by atoms with E-state index >= 15 is 0 Å². The minimum Gasteiger partial charge on any atom is -0.506 e. The monoisotopic (exact) mass is 391 g/mol. The van der Waals surface area contributed by atoms with Crippen LogP contribution in [0.2, 0.25) is 0 Å². The number of esters is 1. The third-order valence-corrected chi connectivity index (χ3v) is 4.22. The fourth-order valence-corrected chi connectivity index (χ4v) is 2.74. The van der Waals surface area contributed by atoms with Crippen LogP contribution in [-0.4, -0.2) is 45.7 Å². The molecule has 0 spiro atoms. The average Bonchev–Trinajstić information content (AvgIpc) is 2.90. The molecule has 0 saturated carbocycles. The first-order valence-corrected chi connectivity index (χ1v) is 9.10. The zero-order chi connectivity index (χ0) is 21.3. The van der Waals surface area contributed by atoms with E-state index in [-0.39, 0.29) is 23.4 Å². The molecule has 2 N–H and O–H groups in total. The second kappa shape index (κ2) is 7.69. The van der Waals surface area contributed by atoms with Crippen LogP contribution in [0.1, 0.15) is 52.0 Å². The van der Waals surface area contributed by atoms with Gasteiger partial charge in [-0.2, -0.15) is 5.10 Å². The minimum absolute atomic E-state index is 0.0335. The first kappa shape index (κ1) is 21.5. The van der Waals surface area contributed by atoms with E-state index in [9.17, 15) is 14.7 Å². The number of hydrogen-bond donors (Lipinski definition) is 2. The number of phenols is 1. The minimum atomic E-state index is -0.629. The van der Waals surface area contributed by atoms with E-state index in [4.69, 9.17) is 9.47 Å². The molecule has 8 nitrogen and oxygen atoms in total. The van der Waals surface area contributed by atoms with Crippen molar-refractivity contribution in [3.63, 3.8) is 0 Å². The van der Waals surface area contributed by atoms with Crippen LogP contribution in [0.15, 0.2) is 18.2 Å². The number of nitrogens with zero attached hydrogens (tertiary/aromatic N) is 2. The molecule has 2 aromatic rings. The maximum atomic E-state index is 12.4. The van der Waals surface area contributed by atoms with Crippen molar-refractivity contribution in [1.29, 1.82) is 0 Å². The number of rotatable bonds is 4. The molecule has 154 valence electrons. The second-order valence-corrected chi connectivity index (χ2v) is 8.76. The van der Waals surface area contributed by atoms with E-state index in [0.29, 0.717) is 10.9 Å². The van der Waals surface area contributed by atoms with Crippen molar-refractivity contribution in [2.24, 2.45) is 5.41 Å². The molecule has 28 heavy (non-hydrogen) atoms. The third-order valence-electron chi connectivity index (χ3n) is 4.22. The van der Waals surface area contributed by atoms with E-state index in [2.05, 4.69) is 10.4 Å². The number of hydrogen-bond acceptors (Lipinski definition) is 6. The molecule has 1 heterocycles. The Bertz CT molecular complexity index is 874. The molecular weight excluding hydrogens is 362 g/mol. The molecule has 0 radical (unpaired) electrons. The van der Waals surface area contributed by atoms with Gasteiger partial charge in [0.2, 0.25) is 0 Å². The first-order valence-electron chi connectivity index (χ1n) is 9.10. The number of aromatic hydroxyl groups is 1. The Morgan fingerprint density at radius 3 is 2.39 bits per heavy atom. The molecule has 0 saturated heterocycles. The summed E-state index contributed by atoms with van der Waals surface area (Å²) >= 11 is 0. The Balaban J connectivity index is 2.44. The molecule has 1 aromatic carbocycles. The summed E-state index contributed by atoms with van der Waals surface area (Å²) in [6, 6.07) is 4.43. The van der Waals surface area contributed by atoms with Gasteiger partial charge in [0.15, 0.2) is 5.69 Å². The number of methoxy groups -OCH3 is 1. The number of ether oxygens (including phenoxy) is 2. The van der Waals surface area contributed by atoms with E-state index in [1.807, 2.05) is 20.8 Å². The van der Waals surface area contributed by atoms with Gasteiger partial charge in [-0.25, -0.2) is 9.59 Å². The van der Waals surface area contributed by atoms with Gasteiger partial charge in [0, 0.05) is 5.39 Å². The largest absolute Gasteiger partial charge is 0.506 e. The number of aromatic nitrogens is 2. The van der Waals surface area contributed by atoms with Crippen LogP contribution in [0.3, 0.4) is 0 Å². The highest BCUT2D eigenvalue weighted by molar-refractivity contribution is 6.03. The number of amides is 1. The summed E-state index contributed by atoms with van der Waals surface area (Å²) in [4.78, 5) is 24.7. The second-order valence-electron chi connectivity index (χ2n) is 8.76. The molecule has 1 atom stereocenters. The quantitative estimate of drug-likeness (QED) is 0.774. The summed E-state index contributed by atoms with van der Waals surface area (Å²) in [6.45, 7) is 11.5. The smallest absolute Gasteiger partial charge is 0.407 e. The fourth-order valence-electron chi connectivity index (χ4n) is 2.74. The first-order chi connectivity index (χ1) is 12.8. The highest BCUT2D eigenvalue weighted by Gasteiger charge is 2.31. The van der Waals surface area contributed by atoms with E-state index < -0.39 is 23.7 Å². The van der Waals surface area contributed by atoms with Crippen LogP contribution in [-0.2, 0) is 16.0 Å². The van der Waals surface area contributed by atoms with Crippen molar-refractivity contribution in [1.82, 2.24) is 15.1 Å². The summed E-state index contributed by atoms with van der Waals surface area (Å²) in [6.07, 6.45) is -0.549. The summed E-state index contributed by atoms with van der Waals surface area (Å²) < 4.78 is 11.7. The number of benzene rings is 1. The van der Waals surface area contributed by atoms with Gasteiger partial charge in [-0.3, -0.25) is 4.68 Å². The normalized spacial score (nSPS) is 13.2. The topological polar surface area (TPSA) is 103 Å². The molecular formula is C20H29N3O5. The lowest BCUT2D eigenvalue weighted by Crippen LogP contribution is -2.48. The molecule has 0 bridgehead atoms. The van der Waals surface area contributed by atoms with E-state index in [1.165, 1.54) is 17.9 Å². The van der Waals surface area contributed by atoms with Gasteiger partial charge in [-0.1, -0.05) is 32.9 Å². The third kappa shape index (κ3) is 4.94. The van der Waals surface area contributed by atoms with Gasteiger partial charge in [0.1, 0.15) is 16.9 Å². The van der Waals surface area contributed by atoms with Crippen LogP contribution in [0.25, 0.3) is 10.9 Å². The Morgan fingerprint density at radius 1 is 1.21 bits per heavy atom. The predicted octanol–water partition coefficient (Wildman–Crippen LogP) is 3.47. The number of carbonyl (C=O) groups excluding carboxylic acids is 2. The van der Waals surface area contributed by atoms with E-state index in [1.54, 1.807) is 32.9 Å².